The van der Waals surface area contributed by atoms with Gasteiger partial charge in [-0.15, -0.1) is 0 Å². The molecule has 0 radical (unpaired) electrons. The minimum Gasteiger partial charge on any atom is -0.378 e. The molecule has 2 fully saturated rings. The van der Waals surface area contributed by atoms with Gasteiger partial charge >= 0.3 is 0 Å². The lowest BCUT2D eigenvalue weighted by Gasteiger charge is -2.53. The monoisotopic (exact) mass is 627 g/mol. The topological polar surface area (TPSA) is 57.6 Å². The van der Waals surface area contributed by atoms with E-state index in [2.05, 4.69) is 61.8 Å². The van der Waals surface area contributed by atoms with Gasteiger partial charge in [-0.2, -0.15) is 54.0 Å². The van der Waals surface area contributed by atoms with Crippen molar-refractivity contribution >= 4 is 72.6 Å². The SMILES string of the molecule is CN(C)c1ccc([C@H]2C[C@@]3(C)[C@@H](CC[C@@]3(O)C#CP(C)(C)=O)[C@@H]3CCC4=CC(=O)CCC4=C32)cc1.S.S.S.S. The highest BCUT2D eigenvalue weighted by Gasteiger charge is 2.62. The van der Waals surface area contributed by atoms with Crippen LogP contribution in [0.1, 0.15) is 63.4 Å². The number of fused-ring (bicyclic) bond motifs is 4. The number of benzene rings is 1. The molecule has 1 aromatic rings. The Hall–Kier alpha value is -0.680. The minimum absolute atomic E-state index is 0. The van der Waals surface area contributed by atoms with E-state index >= 15 is 0 Å². The van der Waals surface area contributed by atoms with Crippen molar-refractivity contribution in [2.45, 2.75) is 63.4 Å². The number of hydrogen-bond donors (Lipinski definition) is 1. The second-order valence-electron chi connectivity index (χ2n) is 12.0. The van der Waals surface area contributed by atoms with Crippen LogP contribution in [-0.4, -0.2) is 43.9 Å². The maximum Gasteiger partial charge on any atom is 0.156 e. The highest BCUT2D eigenvalue weighted by atomic mass is 32.1. The molecule has 0 unspecified atom stereocenters. The van der Waals surface area contributed by atoms with Crippen molar-refractivity contribution < 1.29 is 14.5 Å². The van der Waals surface area contributed by atoms with Gasteiger partial charge in [-0.05, 0) is 104 Å². The largest absolute Gasteiger partial charge is 0.378 e. The molecular weight excluding hydrogens is 582 g/mol. The molecule has 4 aliphatic rings. The fourth-order valence-electron chi connectivity index (χ4n) is 7.40. The van der Waals surface area contributed by atoms with Gasteiger partial charge in [0.2, 0.25) is 0 Å². The Morgan fingerprint density at radius 2 is 1.64 bits per heavy atom. The van der Waals surface area contributed by atoms with E-state index in [1.165, 1.54) is 28.0 Å². The number of carbonyl (C=O) groups excluding carboxylic acids is 1. The van der Waals surface area contributed by atoms with E-state index in [1.807, 2.05) is 6.08 Å². The lowest BCUT2D eigenvalue weighted by molar-refractivity contribution is -0.114. The van der Waals surface area contributed by atoms with E-state index in [0.717, 1.165) is 32.1 Å². The molecule has 39 heavy (non-hydrogen) atoms. The Morgan fingerprint density at radius 1 is 1.00 bits per heavy atom. The van der Waals surface area contributed by atoms with Crippen LogP contribution >= 0.6 is 61.1 Å². The zero-order chi connectivity index (χ0) is 25.2. The third kappa shape index (κ3) is 6.55. The third-order valence-electron chi connectivity index (χ3n) is 9.23. The first kappa shape index (κ1) is 36.3. The van der Waals surface area contributed by atoms with Gasteiger partial charge in [0.05, 0.1) is 0 Å². The highest BCUT2D eigenvalue weighted by molar-refractivity contribution is 7.67. The van der Waals surface area contributed by atoms with Gasteiger partial charge in [-0.3, -0.25) is 4.79 Å². The van der Waals surface area contributed by atoms with Crippen LogP contribution in [0.3, 0.4) is 0 Å². The summed E-state index contributed by atoms with van der Waals surface area (Å²) in [5.41, 5.74) is 8.07. The minimum atomic E-state index is -2.55. The van der Waals surface area contributed by atoms with Gasteiger partial charge in [0.1, 0.15) is 12.7 Å². The Balaban J connectivity index is 0.00000190. The first-order valence-corrected chi connectivity index (χ1v) is 15.6. The van der Waals surface area contributed by atoms with Crippen LogP contribution in [0.25, 0.3) is 0 Å². The molecule has 0 bridgehead atoms. The second kappa shape index (κ2) is 13.1. The molecular formula is C30H46NO3PS4. The summed E-state index contributed by atoms with van der Waals surface area (Å²) < 4.78 is 12.4. The summed E-state index contributed by atoms with van der Waals surface area (Å²) in [6.45, 7) is 5.58. The van der Waals surface area contributed by atoms with E-state index in [0.29, 0.717) is 24.7 Å². The fraction of sp³-hybridized carbons (Fsp3) is 0.567. The maximum atomic E-state index is 12.4. The molecule has 1 aromatic carbocycles. The number of hydrogen-bond acceptors (Lipinski definition) is 4. The van der Waals surface area contributed by atoms with Crippen molar-refractivity contribution in [3.8, 4) is 11.6 Å². The normalized spacial score (nSPS) is 30.8. The lowest BCUT2D eigenvalue weighted by Crippen LogP contribution is -2.51. The van der Waals surface area contributed by atoms with Crippen molar-refractivity contribution in [3.05, 3.63) is 52.6 Å². The molecule has 5 rings (SSSR count). The van der Waals surface area contributed by atoms with Crippen molar-refractivity contribution in [1.82, 2.24) is 0 Å². The number of rotatable bonds is 2. The van der Waals surface area contributed by atoms with Crippen LogP contribution in [0.4, 0.5) is 5.69 Å². The number of allylic oxidation sites excluding steroid dienone is 4. The summed E-state index contributed by atoms with van der Waals surface area (Å²) in [4.78, 5) is 14.3. The summed E-state index contributed by atoms with van der Waals surface area (Å²) in [7, 11) is 1.55. The van der Waals surface area contributed by atoms with Gasteiger partial charge in [0, 0.05) is 37.5 Å². The molecule has 0 saturated heterocycles. The van der Waals surface area contributed by atoms with Crippen molar-refractivity contribution in [2.75, 3.05) is 32.3 Å². The van der Waals surface area contributed by atoms with Gasteiger partial charge in [-0.25, -0.2) is 0 Å². The van der Waals surface area contributed by atoms with Crippen LogP contribution in [0, 0.1) is 28.8 Å². The van der Waals surface area contributed by atoms with E-state index in [4.69, 9.17) is 0 Å². The number of anilines is 1. The van der Waals surface area contributed by atoms with E-state index in [9.17, 15) is 14.5 Å². The summed E-state index contributed by atoms with van der Waals surface area (Å²) in [6, 6.07) is 8.84. The molecule has 0 heterocycles. The molecule has 0 aromatic heterocycles. The molecule has 0 amide bonds. The molecule has 4 aliphatic carbocycles. The smallest absolute Gasteiger partial charge is 0.156 e. The average Bonchev–Trinajstić information content (AvgIpc) is 3.07. The molecule has 4 nitrogen and oxygen atoms in total. The first-order chi connectivity index (χ1) is 16.4. The Bertz CT molecular complexity index is 1240. The second-order valence-corrected chi connectivity index (χ2v) is 14.9. The van der Waals surface area contributed by atoms with Crippen LogP contribution in [-0.2, 0) is 9.36 Å². The maximum absolute atomic E-state index is 12.4. The summed E-state index contributed by atoms with van der Waals surface area (Å²) in [5, 5.41) is 12.0. The Kier molecular flexibility index (Phi) is 12.2. The van der Waals surface area contributed by atoms with Crippen molar-refractivity contribution in [2.24, 2.45) is 17.3 Å². The highest BCUT2D eigenvalue weighted by Crippen LogP contribution is 2.66. The molecule has 2 saturated carbocycles. The van der Waals surface area contributed by atoms with E-state index < -0.39 is 12.7 Å². The Labute approximate surface area is 263 Å². The number of carbonyl (C=O) groups is 1. The lowest BCUT2D eigenvalue weighted by atomic mass is 9.51. The average molecular weight is 628 g/mol. The number of ketones is 1. The third-order valence-corrected chi connectivity index (χ3v) is 9.88. The van der Waals surface area contributed by atoms with Gasteiger partial charge in [0.15, 0.2) is 5.78 Å². The first-order valence-electron chi connectivity index (χ1n) is 13.0. The van der Waals surface area contributed by atoms with Crippen LogP contribution in [0.2, 0.25) is 0 Å². The van der Waals surface area contributed by atoms with Crippen LogP contribution in [0.5, 0.6) is 0 Å². The standard InChI is InChI=1S/C30H38NO3P.4H2S/c1-29-19-26(20-6-9-22(10-7-20)31(2)3)28-24-13-11-23(32)18-21(24)8-12-25(28)27(29)14-15-30(29,33)16-17-35(4,5)34;;;;/h6-7,9-10,18,25-27,33H,8,11-15,19H2,1-5H3;4*1H2/t25-,26+,27-,29-,30+;;;;/m0..../s1. The predicted octanol–water partition coefficient (Wildman–Crippen LogP) is 6.42. The van der Waals surface area contributed by atoms with Gasteiger partial charge in [0.25, 0.3) is 0 Å². The summed E-state index contributed by atoms with van der Waals surface area (Å²) >= 11 is 0. The zero-order valence-corrected chi connectivity index (χ0v) is 28.6. The van der Waals surface area contributed by atoms with Gasteiger partial charge in [-0.1, -0.05) is 30.6 Å². The van der Waals surface area contributed by atoms with Gasteiger partial charge < -0.3 is 14.6 Å². The molecule has 9 heteroatoms. The van der Waals surface area contributed by atoms with Crippen LogP contribution in [0.15, 0.2) is 47.1 Å². The van der Waals surface area contributed by atoms with Crippen molar-refractivity contribution in [3.63, 3.8) is 0 Å². The molecule has 0 spiro atoms. The van der Waals surface area contributed by atoms with Crippen LogP contribution < -0.4 is 4.90 Å². The zero-order valence-electron chi connectivity index (χ0n) is 23.7. The van der Waals surface area contributed by atoms with Crippen molar-refractivity contribution in [1.29, 1.82) is 0 Å². The number of nitrogens with zero attached hydrogens (tertiary/aromatic N) is 1. The summed E-state index contributed by atoms with van der Waals surface area (Å²) in [5.74, 6) is 4.32. The molecule has 218 valence electrons. The summed E-state index contributed by atoms with van der Waals surface area (Å²) in [6.07, 6.45) is 7.69. The molecule has 0 aliphatic heterocycles. The number of aliphatic hydroxyl groups is 1. The Morgan fingerprint density at radius 3 is 2.23 bits per heavy atom. The molecule has 5 atom stereocenters. The predicted molar refractivity (Wildman–Crippen MR) is 185 cm³/mol. The quantitative estimate of drug-likeness (QED) is 0.304. The van der Waals surface area contributed by atoms with E-state index in [1.54, 1.807) is 13.3 Å². The fourth-order valence-corrected chi connectivity index (χ4v) is 7.86. The van der Waals surface area contributed by atoms with E-state index in [-0.39, 0.29) is 71.1 Å². The molecule has 1 N–H and O–H groups in total.